The van der Waals surface area contributed by atoms with Crippen molar-refractivity contribution in [1.82, 2.24) is 19.6 Å². The van der Waals surface area contributed by atoms with Crippen molar-refractivity contribution >= 4 is 11.5 Å². The number of aromatic nitrogens is 4. The predicted molar refractivity (Wildman–Crippen MR) is 56.6 cm³/mol. The normalized spacial score (nSPS) is 15.7. The van der Waals surface area contributed by atoms with Gasteiger partial charge in [0.15, 0.2) is 5.82 Å². The van der Waals surface area contributed by atoms with Crippen LogP contribution in [0.2, 0.25) is 0 Å². The van der Waals surface area contributed by atoms with Gasteiger partial charge in [0.05, 0.1) is 0 Å². The van der Waals surface area contributed by atoms with Crippen LogP contribution in [0.5, 0.6) is 0 Å². The Kier molecular flexibility index (Phi) is 2.01. The maximum absolute atomic E-state index is 4.26. The third kappa shape index (κ3) is 1.77. The van der Waals surface area contributed by atoms with Crippen LogP contribution in [0.1, 0.15) is 19.3 Å². The van der Waals surface area contributed by atoms with E-state index in [1.54, 1.807) is 12.5 Å². The topological polar surface area (TPSA) is 55.1 Å². The Bertz CT molecular complexity index is 460. The van der Waals surface area contributed by atoms with Gasteiger partial charge in [-0.2, -0.15) is 0 Å². The maximum Gasteiger partial charge on any atom is 0.203 e. The van der Waals surface area contributed by atoms with Gasteiger partial charge in [0.2, 0.25) is 5.65 Å². The number of rotatable bonds is 4. The Morgan fingerprint density at radius 1 is 1.47 bits per heavy atom. The third-order valence-electron chi connectivity index (χ3n) is 2.76. The van der Waals surface area contributed by atoms with E-state index in [9.17, 15) is 0 Å². The Morgan fingerprint density at radius 3 is 3.27 bits per heavy atom. The molecule has 0 aromatic carbocycles. The molecule has 0 bridgehead atoms. The van der Waals surface area contributed by atoms with Crippen LogP contribution in [-0.4, -0.2) is 26.1 Å². The highest BCUT2D eigenvalue weighted by atomic mass is 15.2. The van der Waals surface area contributed by atoms with E-state index in [2.05, 4.69) is 20.5 Å². The second-order valence-corrected chi connectivity index (χ2v) is 4.00. The highest BCUT2D eigenvalue weighted by molar-refractivity contribution is 5.61. The first-order valence-electron chi connectivity index (χ1n) is 5.32. The fourth-order valence-electron chi connectivity index (χ4n) is 1.68. The van der Waals surface area contributed by atoms with Gasteiger partial charge in [-0.3, -0.25) is 4.40 Å². The summed E-state index contributed by atoms with van der Waals surface area (Å²) < 4.78 is 1.87. The zero-order valence-electron chi connectivity index (χ0n) is 8.43. The van der Waals surface area contributed by atoms with Gasteiger partial charge in [0.25, 0.3) is 0 Å². The maximum atomic E-state index is 4.26. The summed E-state index contributed by atoms with van der Waals surface area (Å²) in [6.07, 6.45) is 9.31. The van der Waals surface area contributed by atoms with Crippen molar-refractivity contribution < 1.29 is 0 Å². The van der Waals surface area contributed by atoms with Crippen molar-refractivity contribution in [2.24, 2.45) is 5.92 Å². The minimum atomic E-state index is 0.799. The number of fused-ring (bicyclic) bond motifs is 1. The van der Waals surface area contributed by atoms with Gasteiger partial charge in [-0.1, -0.05) is 12.8 Å². The number of nitrogens with one attached hydrogen (secondary N) is 1. The second-order valence-electron chi connectivity index (χ2n) is 4.00. The van der Waals surface area contributed by atoms with Crippen LogP contribution in [0.3, 0.4) is 0 Å². The molecule has 5 nitrogen and oxygen atoms in total. The summed E-state index contributed by atoms with van der Waals surface area (Å²) >= 11 is 0. The van der Waals surface area contributed by atoms with E-state index in [4.69, 9.17) is 0 Å². The molecule has 0 atom stereocenters. The lowest BCUT2D eigenvalue weighted by Gasteiger charge is -2.04. The lowest BCUT2D eigenvalue weighted by atomic mass is 10.3. The largest absolute Gasteiger partial charge is 0.367 e. The van der Waals surface area contributed by atoms with E-state index in [0.717, 1.165) is 23.9 Å². The van der Waals surface area contributed by atoms with E-state index < -0.39 is 0 Å². The molecule has 0 saturated heterocycles. The molecule has 2 heterocycles. The molecule has 0 radical (unpaired) electrons. The average Bonchev–Trinajstić information content (AvgIpc) is 2.95. The van der Waals surface area contributed by atoms with E-state index >= 15 is 0 Å². The summed E-state index contributed by atoms with van der Waals surface area (Å²) in [4.78, 5) is 4.26. The van der Waals surface area contributed by atoms with Crippen LogP contribution < -0.4 is 5.32 Å². The molecule has 0 aliphatic heterocycles. The molecule has 0 amide bonds. The van der Waals surface area contributed by atoms with Gasteiger partial charge in [-0.15, -0.1) is 10.2 Å². The van der Waals surface area contributed by atoms with Crippen molar-refractivity contribution in [1.29, 1.82) is 0 Å². The van der Waals surface area contributed by atoms with E-state index in [1.807, 2.05) is 10.6 Å². The minimum Gasteiger partial charge on any atom is -0.367 e. The van der Waals surface area contributed by atoms with Gasteiger partial charge in [-0.25, -0.2) is 4.98 Å². The molecule has 5 heteroatoms. The van der Waals surface area contributed by atoms with Crippen LogP contribution >= 0.6 is 0 Å². The van der Waals surface area contributed by atoms with Gasteiger partial charge < -0.3 is 5.32 Å². The number of hydrogen-bond acceptors (Lipinski definition) is 4. The Balaban J connectivity index is 1.74. The molecular weight excluding hydrogens is 190 g/mol. The molecule has 2 aromatic heterocycles. The summed E-state index contributed by atoms with van der Waals surface area (Å²) in [6, 6.07) is 0. The van der Waals surface area contributed by atoms with Crippen LogP contribution in [0.25, 0.3) is 5.65 Å². The fraction of sp³-hybridized carbons (Fsp3) is 0.500. The first kappa shape index (κ1) is 8.64. The molecule has 2 aromatic rings. The Hall–Kier alpha value is -1.65. The van der Waals surface area contributed by atoms with Crippen molar-refractivity contribution in [2.75, 3.05) is 11.9 Å². The summed E-state index contributed by atoms with van der Waals surface area (Å²) in [5, 5.41) is 11.2. The quantitative estimate of drug-likeness (QED) is 0.814. The lowest BCUT2D eigenvalue weighted by Crippen LogP contribution is -2.05. The van der Waals surface area contributed by atoms with Crippen molar-refractivity contribution in [3.8, 4) is 0 Å². The summed E-state index contributed by atoms with van der Waals surface area (Å²) in [7, 11) is 0. The van der Waals surface area contributed by atoms with Gasteiger partial charge in [-0.05, 0) is 12.3 Å². The first-order valence-corrected chi connectivity index (χ1v) is 5.32. The first-order chi connectivity index (χ1) is 7.43. The number of hydrogen-bond donors (Lipinski definition) is 1. The van der Waals surface area contributed by atoms with E-state index in [-0.39, 0.29) is 0 Å². The zero-order chi connectivity index (χ0) is 10.1. The molecule has 1 fully saturated rings. The molecule has 15 heavy (non-hydrogen) atoms. The Labute approximate surface area is 87.5 Å². The monoisotopic (exact) mass is 203 g/mol. The average molecular weight is 203 g/mol. The van der Waals surface area contributed by atoms with Crippen molar-refractivity contribution in [3.05, 3.63) is 18.7 Å². The molecule has 1 saturated carbocycles. The Morgan fingerprint density at radius 2 is 2.40 bits per heavy atom. The van der Waals surface area contributed by atoms with Crippen LogP contribution in [0.4, 0.5) is 5.82 Å². The second kappa shape index (κ2) is 3.49. The molecule has 1 aliphatic rings. The molecule has 0 spiro atoms. The summed E-state index contributed by atoms with van der Waals surface area (Å²) in [5.74, 6) is 1.77. The van der Waals surface area contributed by atoms with Crippen molar-refractivity contribution in [3.63, 3.8) is 0 Å². The standard InChI is InChI=1S/C10H13N5/c1-2-8(1)3-4-11-9-10-14-13-7-15(10)6-5-12-9/h5-8H,1-4H2,(H,11,12). The van der Waals surface area contributed by atoms with E-state index in [1.165, 1.54) is 19.3 Å². The molecule has 1 aliphatic carbocycles. The van der Waals surface area contributed by atoms with Crippen LogP contribution in [0.15, 0.2) is 18.7 Å². The minimum absolute atomic E-state index is 0.799. The third-order valence-corrected chi connectivity index (χ3v) is 2.76. The lowest BCUT2D eigenvalue weighted by molar-refractivity contribution is 0.758. The van der Waals surface area contributed by atoms with Gasteiger partial charge in [0.1, 0.15) is 6.33 Å². The molecule has 3 rings (SSSR count). The van der Waals surface area contributed by atoms with Crippen LogP contribution in [0, 0.1) is 5.92 Å². The van der Waals surface area contributed by atoms with Crippen molar-refractivity contribution in [2.45, 2.75) is 19.3 Å². The summed E-state index contributed by atoms with van der Waals surface area (Å²) in [5.41, 5.74) is 0.799. The SMILES string of the molecule is c1cn2cnnc2c(NCCC2CC2)n1. The number of anilines is 1. The number of nitrogens with zero attached hydrogens (tertiary/aromatic N) is 4. The van der Waals surface area contributed by atoms with Gasteiger partial charge in [0, 0.05) is 18.9 Å². The molecule has 78 valence electrons. The fourth-order valence-corrected chi connectivity index (χ4v) is 1.68. The molecule has 1 N–H and O–H groups in total. The summed E-state index contributed by atoms with van der Waals surface area (Å²) in [6.45, 7) is 0.976. The highest BCUT2D eigenvalue weighted by Gasteiger charge is 2.20. The smallest absolute Gasteiger partial charge is 0.203 e. The molecular formula is C10H13N5. The van der Waals surface area contributed by atoms with Gasteiger partial charge >= 0.3 is 0 Å². The van der Waals surface area contributed by atoms with E-state index in [0.29, 0.717) is 0 Å². The zero-order valence-corrected chi connectivity index (χ0v) is 8.43. The molecule has 0 unspecified atom stereocenters. The van der Waals surface area contributed by atoms with Crippen LogP contribution in [-0.2, 0) is 0 Å². The predicted octanol–water partition coefficient (Wildman–Crippen LogP) is 1.34. The highest BCUT2D eigenvalue weighted by Crippen LogP contribution is 2.32.